The number of rotatable bonds is 2. The molecule has 0 unspecified atom stereocenters. The Balaban J connectivity index is 2.90. The van der Waals surface area contributed by atoms with Crippen LogP contribution in [-0.2, 0) is 0 Å². The zero-order valence-corrected chi connectivity index (χ0v) is 9.43. The first-order valence-corrected chi connectivity index (χ1v) is 4.96. The van der Waals surface area contributed by atoms with E-state index in [0.29, 0.717) is 15.6 Å². The van der Waals surface area contributed by atoms with E-state index in [1.54, 1.807) is 12.1 Å². The van der Waals surface area contributed by atoms with Gasteiger partial charge in [0.2, 0.25) is 0 Å². The molecule has 0 spiro atoms. The van der Waals surface area contributed by atoms with E-state index < -0.39 is 0 Å². The third-order valence-corrected chi connectivity index (χ3v) is 2.08. The lowest BCUT2D eigenvalue weighted by Crippen LogP contribution is -2.22. The first-order valence-electron chi connectivity index (χ1n) is 4.21. The largest absolute Gasteiger partial charge is 0.274 e. The van der Waals surface area contributed by atoms with Crippen LogP contribution in [0.2, 0.25) is 10.0 Å². The minimum absolute atomic E-state index is 0.0331. The van der Waals surface area contributed by atoms with Crippen LogP contribution in [0, 0.1) is 0 Å². The summed E-state index contributed by atoms with van der Waals surface area (Å²) in [5.74, 6) is -0.304. The van der Waals surface area contributed by atoms with Gasteiger partial charge in [-0.2, -0.15) is 0 Å². The Bertz CT molecular complexity index is 350. The van der Waals surface area contributed by atoms with Crippen molar-refractivity contribution >= 4 is 29.1 Å². The molecule has 1 aromatic carbocycles. The smallest absolute Gasteiger partial charge is 0.267 e. The average Bonchev–Trinajstić information content (AvgIpc) is 2.01. The van der Waals surface area contributed by atoms with Gasteiger partial charge >= 0.3 is 0 Å². The average molecular weight is 231 g/mol. The predicted octanol–water partition coefficient (Wildman–Crippen LogP) is 3.15. The first-order chi connectivity index (χ1) is 6.50. The second-order valence-electron chi connectivity index (χ2n) is 3.15. The summed E-state index contributed by atoms with van der Waals surface area (Å²) in [7, 11) is 0. The van der Waals surface area contributed by atoms with Gasteiger partial charge in [0.15, 0.2) is 0 Å². The van der Waals surface area contributed by atoms with Crippen molar-refractivity contribution in [2.45, 2.75) is 19.9 Å². The summed E-state index contributed by atoms with van der Waals surface area (Å²) in [5, 5.41) is 4.72. The molecule has 0 N–H and O–H groups in total. The van der Waals surface area contributed by atoms with Gasteiger partial charge in [0.25, 0.3) is 5.91 Å². The lowest BCUT2D eigenvalue weighted by Gasteiger charge is -2.06. The maximum atomic E-state index is 11.5. The Morgan fingerprint density at radius 3 is 2.50 bits per heavy atom. The normalized spacial score (nSPS) is 10.4. The SMILES string of the molecule is CC(C)[N]C(=O)c1ccc(Cl)cc1Cl. The Kier molecular flexibility index (Phi) is 3.78. The van der Waals surface area contributed by atoms with Crippen LogP contribution >= 0.6 is 23.2 Å². The van der Waals surface area contributed by atoms with Gasteiger partial charge in [0.05, 0.1) is 10.6 Å². The molecule has 0 fully saturated rings. The van der Waals surface area contributed by atoms with Crippen LogP contribution in [0.4, 0.5) is 0 Å². The lowest BCUT2D eigenvalue weighted by molar-refractivity contribution is 0.0938. The number of amides is 1. The van der Waals surface area contributed by atoms with Gasteiger partial charge in [-0.3, -0.25) is 4.79 Å². The molecule has 0 atom stereocenters. The Hall–Kier alpha value is -0.730. The van der Waals surface area contributed by atoms with Crippen LogP contribution in [-0.4, -0.2) is 11.9 Å². The number of nitrogens with zero attached hydrogens (tertiary/aromatic N) is 1. The number of hydrogen-bond acceptors (Lipinski definition) is 1. The highest BCUT2D eigenvalue weighted by Gasteiger charge is 2.12. The van der Waals surface area contributed by atoms with Crippen molar-refractivity contribution in [2.75, 3.05) is 0 Å². The molecule has 0 aliphatic heterocycles. The van der Waals surface area contributed by atoms with E-state index in [0.717, 1.165) is 0 Å². The highest BCUT2D eigenvalue weighted by molar-refractivity contribution is 6.36. The van der Waals surface area contributed by atoms with Crippen LogP contribution in [0.3, 0.4) is 0 Å². The van der Waals surface area contributed by atoms with E-state index in [2.05, 4.69) is 5.32 Å². The monoisotopic (exact) mass is 230 g/mol. The molecule has 2 nitrogen and oxygen atoms in total. The van der Waals surface area contributed by atoms with Gasteiger partial charge in [0.1, 0.15) is 0 Å². The van der Waals surface area contributed by atoms with Crippen LogP contribution < -0.4 is 5.32 Å². The van der Waals surface area contributed by atoms with Crippen LogP contribution in [0.25, 0.3) is 0 Å². The zero-order valence-electron chi connectivity index (χ0n) is 7.92. The standard InChI is InChI=1S/C10H10Cl2NO/c1-6(2)13-10(14)8-4-3-7(11)5-9(8)12/h3-6H,1-2H3. The fraction of sp³-hybridized carbons (Fsp3) is 0.300. The Morgan fingerprint density at radius 2 is 2.00 bits per heavy atom. The molecule has 1 amide bonds. The fourth-order valence-electron chi connectivity index (χ4n) is 0.967. The van der Waals surface area contributed by atoms with E-state index in [1.807, 2.05) is 13.8 Å². The first kappa shape index (κ1) is 11.3. The lowest BCUT2D eigenvalue weighted by atomic mass is 10.2. The molecule has 0 heterocycles. The van der Waals surface area contributed by atoms with Gasteiger partial charge in [-0.1, -0.05) is 23.2 Å². The minimum atomic E-state index is -0.304. The Labute approximate surface area is 93.2 Å². The summed E-state index contributed by atoms with van der Waals surface area (Å²) < 4.78 is 0. The molecule has 1 radical (unpaired) electrons. The summed E-state index contributed by atoms with van der Waals surface area (Å²) in [6, 6.07) is 4.70. The summed E-state index contributed by atoms with van der Waals surface area (Å²) in [6.45, 7) is 3.67. The second-order valence-corrected chi connectivity index (χ2v) is 4.00. The van der Waals surface area contributed by atoms with Crippen molar-refractivity contribution in [3.05, 3.63) is 33.8 Å². The fourth-order valence-corrected chi connectivity index (χ4v) is 1.46. The van der Waals surface area contributed by atoms with Crippen LogP contribution in [0.15, 0.2) is 18.2 Å². The highest BCUT2D eigenvalue weighted by atomic mass is 35.5. The molecule has 14 heavy (non-hydrogen) atoms. The van der Waals surface area contributed by atoms with E-state index in [1.165, 1.54) is 6.07 Å². The summed E-state index contributed by atoms with van der Waals surface area (Å²) in [4.78, 5) is 11.5. The molecule has 0 aromatic heterocycles. The van der Waals surface area contributed by atoms with Gasteiger partial charge in [-0.15, -0.1) is 0 Å². The van der Waals surface area contributed by atoms with E-state index in [4.69, 9.17) is 23.2 Å². The highest BCUT2D eigenvalue weighted by Crippen LogP contribution is 2.21. The number of carbonyl (C=O) groups is 1. The van der Waals surface area contributed by atoms with Crippen molar-refractivity contribution in [1.29, 1.82) is 0 Å². The maximum absolute atomic E-state index is 11.5. The van der Waals surface area contributed by atoms with Crippen molar-refractivity contribution in [2.24, 2.45) is 0 Å². The van der Waals surface area contributed by atoms with Crippen molar-refractivity contribution in [3.8, 4) is 0 Å². The topological polar surface area (TPSA) is 31.2 Å². The number of benzene rings is 1. The third kappa shape index (κ3) is 2.89. The van der Waals surface area contributed by atoms with Gasteiger partial charge in [0, 0.05) is 11.1 Å². The summed E-state index contributed by atoms with van der Waals surface area (Å²) in [5.41, 5.74) is 0.393. The number of carbonyl (C=O) groups excluding carboxylic acids is 1. The molecule has 1 aromatic rings. The van der Waals surface area contributed by atoms with Crippen LogP contribution in [0.5, 0.6) is 0 Å². The number of halogens is 2. The van der Waals surface area contributed by atoms with Gasteiger partial charge in [-0.05, 0) is 32.0 Å². The van der Waals surface area contributed by atoms with Crippen molar-refractivity contribution in [3.63, 3.8) is 0 Å². The molecule has 0 saturated carbocycles. The predicted molar refractivity (Wildman–Crippen MR) is 58.1 cm³/mol. The molecule has 4 heteroatoms. The molecule has 0 aliphatic rings. The maximum Gasteiger partial charge on any atom is 0.274 e. The summed E-state index contributed by atoms with van der Waals surface area (Å²) in [6.07, 6.45) is 0. The minimum Gasteiger partial charge on any atom is -0.267 e. The van der Waals surface area contributed by atoms with Crippen molar-refractivity contribution < 1.29 is 4.79 Å². The molecule has 1 rings (SSSR count). The van der Waals surface area contributed by atoms with E-state index in [-0.39, 0.29) is 11.9 Å². The molecular weight excluding hydrogens is 221 g/mol. The second kappa shape index (κ2) is 4.67. The Morgan fingerprint density at radius 1 is 1.36 bits per heavy atom. The molecular formula is C10H10Cl2NO. The van der Waals surface area contributed by atoms with Crippen molar-refractivity contribution in [1.82, 2.24) is 5.32 Å². The van der Waals surface area contributed by atoms with Gasteiger partial charge in [-0.25, -0.2) is 5.32 Å². The third-order valence-electron chi connectivity index (χ3n) is 1.54. The van der Waals surface area contributed by atoms with Gasteiger partial charge < -0.3 is 0 Å². The van der Waals surface area contributed by atoms with E-state index in [9.17, 15) is 4.79 Å². The molecule has 0 saturated heterocycles. The van der Waals surface area contributed by atoms with Crippen LogP contribution in [0.1, 0.15) is 24.2 Å². The molecule has 0 bridgehead atoms. The zero-order chi connectivity index (χ0) is 10.7. The molecule has 0 aliphatic carbocycles. The quantitative estimate of drug-likeness (QED) is 0.769. The van der Waals surface area contributed by atoms with E-state index >= 15 is 0 Å². The molecule has 75 valence electrons. The number of hydrogen-bond donors (Lipinski definition) is 0. The summed E-state index contributed by atoms with van der Waals surface area (Å²) >= 11 is 11.5.